The lowest BCUT2D eigenvalue weighted by atomic mass is 10.1. The molecule has 168 valence electrons. The van der Waals surface area contributed by atoms with Crippen LogP contribution < -0.4 is 10.2 Å². The number of nitrogens with zero attached hydrogens (tertiary/aromatic N) is 3. The average molecular weight is 467 g/mol. The molecule has 1 amide bonds. The van der Waals surface area contributed by atoms with E-state index < -0.39 is 20.9 Å². The molecule has 9 nitrogen and oxygen atoms in total. The summed E-state index contributed by atoms with van der Waals surface area (Å²) in [5.41, 5.74) is 0.832. The molecule has 0 fully saturated rings. The van der Waals surface area contributed by atoms with Crippen LogP contribution in [0.2, 0.25) is 0 Å². The lowest BCUT2D eigenvalue weighted by Gasteiger charge is -2.22. The number of carbonyl (C=O) groups is 1. The van der Waals surface area contributed by atoms with Gasteiger partial charge in [0, 0.05) is 38.8 Å². The Balaban J connectivity index is 2.49. The number of nitro groups is 1. The van der Waals surface area contributed by atoms with Crippen LogP contribution in [0, 0.1) is 10.1 Å². The second kappa shape index (κ2) is 10.1. The molecule has 31 heavy (non-hydrogen) atoms. The molecule has 0 aromatic heterocycles. The first kappa shape index (κ1) is 24.6. The lowest BCUT2D eigenvalue weighted by molar-refractivity contribution is -0.387. The highest BCUT2D eigenvalue weighted by Gasteiger charge is 2.24. The van der Waals surface area contributed by atoms with Crippen LogP contribution >= 0.6 is 11.8 Å². The van der Waals surface area contributed by atoms with Gasteiger partial charge in [-0.3, -0.25) is 14.9 Å². The number of carbonyl (C=O) groups excluding carboxylic acids is 1. The van der Waals surface area contributed by atoms with Crippen LogP contribution in [-0.4, -0.2) is 57.0 Å². The van der Waals surface area contributed by atoms with E-state index in [1.54, 1.807) is 45.2 Å². The van der Waals surface area contributed by atoms with Gasteiger partial charge < -0.3 is 10.2 Å². The highest BCUT2D eigenvalue weighted by molar-refractivity contribution is 7.98. The van der Waals surface area contributed by atoms with E-state index >= 15 is 0 Å². The minimum atomic E-state index is -3.72. The van der Waals surface area contributed by atoms with Gasteiger partial charge in [-0.15, -0.1) is 11.8 Å². The lowest BCUT2D eigenvalue weighted by Crippen LogP contribution is -2.30. The predicted octanol–water partition coefficient (Wildman–Crippen LogP) is 3.67. The molecule has 0 bridgehead atoms. The summed E-state index contributed by atoms with van der Waals surface area (Å²) in [7, 11) is -0.191. The largest absolute Gasteiger partial charge is 0.376 e. The standard InChI is InChI=1S/C20H26N4O5S2/c1-6-23(7-2)31(28,29)15-9-10-17(22(3)4)16(13-15)21-20(25)14-8-11-19(30-5)18(12-14)24(26)27/h8-13H,6-7H2,1-5H3,(H,21,25). The van der Waals surface area contributed by atoms with E-state index in [1.807, 2.05) is 0 Å². The van der Waals surface area contributed by atoms with E-state index in [4.69, 9.17) is 0 Å². The van der Waals surface area contributed by atoms with E-state index in [9.17, 15) is 23.3 Å². The third kappa shape index (κ3) is 5.35. The van der Waals surface area contributed by atoms with E-state index in [-0.39, 0.29) is 16.1 Å². The number of amides is 1. The monoisotopic (exact) mass is 466 g/mol. The van der Waals surface area contributed by atoms with Crippen LogP contribution in [0.5, 0.6) is 0 Å². The number of thioether (sulfide) groups is 1. The van der Waals surface area contributed by atoms with Gasteiger partial charge in [0.25, 0.3) is 11.6 Å². The SMILES string of the molecule is CCN(CC)S(=O)(=O)c1ccc(N(C)C)c(NC(=O)c2ccc(SC)c([N+](=O)[O-])c2)c1. The number of rotatable bonds is 9. The number of sulfonamides is 1. The Morgan fingerprint density at radius 2 is 1.77 bits per heavy atom. The van der Waals surface area contributed by atoms with Crippen molar-refractivity contribution in [2.75, 3.05) is 43.7 Å². The van der Waals surface area contributed by atoms with Crippen molar-refractivity contribution in [2.24, 2.45) is 0 Å². The van der Waals surface area contributed by atoms with Gasteiger partial charge in [-0.05, 0) is 36.6 Å². The van der Waals surface area contributed by atoms with Gasteiger partial charge in [0.15, 0.2) is 0 Å². The Morgan fingerprint density at radius 3 is 2.29 bits per heavy atom. The summed E-state index contributed by atoms with van der Waals surface area (Å²) in [5, 5.41) is 14.0. The van der Waals surface area contributed by atoms with E-state index in [1.165, 1.54) is 46.4 Å². The second-order valence-corrected chi connectivity index (χ2v) is 9.55. The predicted molar refractivity (Wildman–Crippen MR) is 124 cm³/mol. The third-order valence-electron chi connectivity index (χ3n) is 4.68. The van der Waals surface area contributed by atoms with Gasteiger partial charge in [0.1, 0.15) is 0 Å². The molecule has 0 aliphatic rings. The fourth-order valence-corrected chi connectivity index (χ4v) is 5.08. The Morgan fingerprint density at radius 1 is 1.13 bits per heavy atom. The summed E-state index contributed by atoms with van der Waals surface area (Å²) < 4.78 is 27.1. The molecule has 2 aromatic rings. The van der Waals surface area contributed by atoms with Crippen LogP contribution in [0.25, 0.3) is 0 Å². The number of hydrogen-bond acceptors (Lipinski definition) is 7. The molecule has 0 aliphatic heterocycles. The number of hydrogen-bond donors (Lipinski definition) is 1. The number of benzene rings is 2. The third-order valence-corrected chi connectivity index (χ3v) is 7.51. The normalized spacial score (nSPS) is 11.4. The summed E-state index contributed by atoms with van der Waals surface area (Å²) in [5.74, 6) is -0.573. The Hall–Kier alpha value is -2.63. The van der Waals surface area contributed by atoms with Crippen LogP contribution in [0.4, 0.5) is 17.1 Å². The van der Waals surface area contributed by atoms with Gasteiger partial charge >= 0.3 is 0 Å². The zero-order valence-corrected chi connectivity index (χ0v) is 19.7. The zero-order chi connectivity index (χ0) is 23.3. The molecular weight excluding hydrogens is 440 g/mol. The molecule has 0 atom stereocenters. The Kier molecular flexibility index (Phi) is 8.04. The molecule has 0 saturated heterocycles. The van der Waals surface area contributed by atoms with Crippen LogP contribution in [0.15, 0.2) is 46.2 Å². The minimum absolute atomic E-state index is 0.0563. The summed E-state index contributed by atoms with van der Waals surface area (Å²) in [6, 6.07) is 8.76. The minimum Gasteiger partial charge on any atom is -0.376 e. The van der Waals surface area contributed by atoms with Crippen molar-refractivity contribution in [3.63, 3.8) is 0 Å². The molecule has 0 unspecified atom stereocenters. The molecule has 11 heteroatoms. The van der Waals surface area contributed by atoms with Crippen LogP contribution in [0.1, 0.15) is 24.2 Å². The van der Waals surface area contributed by atoms with Crippen molar-refractivity contribution in [3.05, 3.63) is 52.1 Å². The second-order valence-electron chi connectivity index (χ2n) is 6.76. The highest BCUT2D eigenvalue weighted by atomic mass is 32.2. The van der Waals surface area contributed by atoms with Crippen LogP contribution in [-0.2, 0) is 10.0 Å². The zero-order valence-electron chi connectivity index (χ0n) is 18.1. The summed E-state index contributed by atoms with van der Waals surface area (Å²) in [6.45, 7) is 4.15. The first-order valence-electron chi connectivity index (χ1n) is 9.52. The fraction of sp³-hybridized carbons (Fsp3) is 0.350. The Bertz CT molecular complexity index is 1080. The van der Waals surface area contributed by atoms with Crippen molar-refractivity contribution in [1.29, 1.82) is 0 Å². The van der Waals surface area contributed by atoms with Crippen molar-refractivity contribution in [2.45, 2.75) is 23.6 Å². The van der Waals surface area contributed by atoms with Gasteiger partial charge in [-0.1, -0.05) is 13.8 Å². The summed E-state index contributed by atoms with van der Waals surface area (Å²) >= 11 is 1.21. The molecule has 0 radical (unpaired) electrons. The van der Waals surface area contributed by atoms with Gasteiger partial charge in [0.2, 0.25) is 10.0 Å². The molecule has 0 saturated carbocycles. The smallest absolute Gasteiger partial charge is 0.283 e. The molecule has 2 aromatic carbocycles. The van der Waals surface area contributed by atoms with Gasteiger partial charge in [-0.2, -0.15) is 4.31 Å². The number of anilines is 2. The summed E-state index contributed by atoms with van der Waals surface area (Å²) in [6.07, 6.45) is 1.72. The number of nitrogens with one attached hydrogen (secondary N) is 1. The quantitative estimate of drug-likeness (QED) is 0.341. The van der Waals surface area contributed by atoms with Crippen LogP contribution in [0.3, 0.4) is 0 Å². The van der Waals surface area contributed by atoms with Crippen molar-refractivity contribution < 1.29 is 18.1 Å². The molecule has 0 heterocycles. The van der Waals surface area contributed by atoms with Crippen molar-refractivity contribution >= 4 is 44.8 Å². The Labute approximate surface area is 186 Å². The fourth-order valence-electron chi connectivity index (χ4n) is 3.05. The molecule has 0 spiro atoms. The van der Waals surface area contributed by atoms with E-state index in [0.717, 1.165) is 0 Å². The molecule has 0 aliphatic carbocycles. The van der Waals surface area contributed by atoms with E-state index in [2.05, 4.69) is 5.32 Å². The first-order valence-corrected chi connectivity index (χ1v) is 12.2. The molecule has 1 N–H and O–H groups in total. The van der Waals surface area contributed by atoms with Gasteiger partial charge in [0.05, 0.1) is 26.1 Å². The highest BCUT2D eigenvalue weighted by Crippen LogP contribution is 2.31. The van der Waals surface area contributed by atoms with E-state index in [0.29, 0.717) is 29.4 Å². The topological polar surface area (TPSA) is 113 Å². The maximum absolute atomic E-state index is 12.9. The summed E-state index contributed by atoms with van der Waals surface area (Å²) in [4.78, 5) is 25.9. The maximum atomic E-state index is 12.9. The maximum Gasteiger partial charge on any atom is 0.283 e. The van der Waals surface area contributed by atoms with Crippen molar-refractivity contribution in [3.8, 4) is 0 Å². The first-order chi connectivity index (χ1) is 14.6. The molecular formula is C20H26N4O5S2. The van der Waals surface area contributed by atoms with Crippen molar-refractivity contribution in [1.82, 2.24) is 4.31 Å². The van der Waals surface area contributed by atoms with Gasteiger partial charge in [-0.25, -0.2) is 8.42 Å². The average Bonchev–Trinajstić information content (AvgIpc) is 2.73. The molecule has 2 rings (SSSR count). The number of nitro benzene ring substituents is 1.